The molecule has 2 heterocycles. The molecule has 0 aliphatic carbocycles. The number of hydrogen-bond donors (Lipinski definition) is 1. The minimum absolute atomic E-state index is 0.227. The van der Waals surface area contributed by atoms with Crippen LogP contribution in [0.25, 0.3) is 22.3 Å². The summed E-state index contributed by atoms with van der Waals surface area (Å²) in [6, 6.07) is 12.8. The molecule has 0 spiro atoms. The van der Waals surface area contributed by atoms with Crippen molar-refractivity contribution >= 4 is 57.4 Å². The van der Waals surface area contributed by atoms with Crippen LogP contribution in [0.3, 0.4) is 0 Å². The average molecular weight is 445 g/mol. The van der Waals surface area contributed by atoms with Gasteiger partial charge < -0.3 is 4.74 Å². The molecule has 0 saturated carbocycles. The van der Waals surface area contributed by atoms with Gasteiger partial charge in [0.15, 0.2) is 0 Å². The van der Waals surface area contributed by atoms with E-state index in [-0.39, 0.29) is 11.9 Å². The Hall–Kier alpha value is -2.87. The highest BCUT2D eigenvalue weighted by Crippen LogP contribution is 2.28. The standard InChI is InChI=1S/C20H14Cl2N4O2S/c1-28-14-4-2-3-13(10-14)17-11-29-20-24-19(25-26(17)20)23-18(27)8-6-12-5-7-15(21)16(22)9-12/h2-11H,1H3,(H,23,25,27)/b8-6+. The largest absolute Gasteiger partial charge is 0.497 e. The van der Waals surface area contributed by atoms with Crippen molar-refractivity contribution in [2.24, 2.45) is 0 Å². The SMILES string of the molecule is COc1cccc(-c2csc3nc(NC(=O)/C=C/c4ccc(Cl)c(Cl)c4)nn23)c1. The van der Waals surface area contributed by atoms with Gasteiger partial charge in [-0.05, 0) is 35.9 Å². The summed E-state index contributed by atoms with van der Waals surface area (Å²) in [4.78, 5) is 17.2. The Morgan fingerprint density at radius 2 is 2.07 bits per heavy atom. The summed E-state index contributed by atoms with van der Waals surface area (Å²) in [6.45, 7) is 0. The van der Waals surface area contributed by atoms with E-state index in [1.165, 1.54) is 17.4 Å². The van der Waals surface area contributed by atoms with Gasteiger partial charge in [-0.2, -0.15) is 4.98 Å². The molecule has 9 heteroatoms. The molecule has 2 aromatic heterocycles. The van der Waals surface area contributed by atoms with Crippen LogP contribution in [0.5, 0.6) is 5.75 Å². The van der Waals surface area contributed by atoms with E-state index in [4.69, 9.17) is 27.9 Å². The first kappa shape index (κ1) is 19.4. The number of nitrogens with one attached hydrogen (secondary N) is 1. The fraction of sp³-hybridized carbons (Fsp3) is 0.0500. The predicted octanol–water partition coefficient (Wildman–Crippen LogP) is 5.43. The van der Waals surface area contributed by atoms with E-state index in [2.05, 4.69) is 15.4 Å². The van der Waals surface area contributed by atoms with Gasteiger partial charge in [-0.25, -0.2) is 4.52 Å². The van der Waals surface area contributed by atoms with Gasteiger partial charge in [-0.3, -0.25) is 10.1 Å². The van der Waals surface area contributed by atoms with Gasteiger partial charge in [0.1, 0.15) is 5.75 Å². The zero-order valence-electron chi connectivity index (χ0n) is 15.1. The third-order valence-electron chi connectivity index (χ3n) is 4.05. The predicted molar refractivity (Wildman–Crippen MR) is 117 cm³/mol. The number of carbonyl (C=O) groups excluding carboxylic acids is 1. The molecule has 0 atom stereocenters. The summed E-state index contributed by atoms with van der Waals surface area (Å²) in [5, 5.41) is 9.91. The summed E-state index contributed by atoms with van der Waals surface area (Å²) in [5.74, 6) is 0.630. The Labute approximate surface area is 180 Å². The molecule has 6 nitrogen and oxygen atoms in total. The average Bonchev–Trinajstić information content (AvgIpc) is 3.29. The van der Waals surface area contributed by atoms with Gasteiger partial charge in [-0.1, -0.05) is 41.4 Å². The zero-order valence-corrected chi connectivity index (χ0v) is 17.4. The topological polar surface area (TPSA) is 68.5 Å². The van der Waals surface area contributed by atoms with Gasteiger partial charge >= 0.3 is 0 Å². The Morgan fingerprint density at radius 1 is 1.21 bits per heavy atom. The van der Waals surface area contributed by atoms with Crippen molar-refractivity contribution in [3.63, 3.8) is 0 Å². The van der Waals surface area contributed by atoms with Crippen molar-refractivity contribution in [2.75, 3.05) is 12.4 Å². The minimum Gasteiger partial charge on any atom is -0.497 e. The normalized spacial score (nSPS) is 11.3. The van der Waals surface area contributed by atoms with Gasteiger partial charge in [0.05, 0.1) is 22.8 Å². The number of amides is 1. The monoisotopic (exact) mass is 444 g/mol. The Kier molecular flexibility index (Phi) is 5.53. The Balaban J connectivity index is 1.52. The van der Waals surface area contributed by atoms with Gasteiger partial charge in [0, 0.05) is 17.0 Å². The number of rotatable bonds is 5. The lowest BCUT2D eigenvalue weighted by molar-refractivity contribution is -0.111. The molecule has 0 fully saturated rings. The van der Waals surface area contributed by atoms with Crippen LogP contribution < -0.4 is 10.1 Å². The van der Waals surface area contributed by atoms with E-state index in [9.17, 15) is 4.79 Å². The number of ether oxygens (including phenoxy) is 1. The van der Waals surface area contributed by atoms with Crippen molar-refractivity contribution in [3.8, 4) is 17.0 Å². The maximum atomic E-state index is 12.2. The van der Waals surface area contributed by atoms with Gasteiger partial charge in [0.2, 0.25) is 4.96 Å². The molecule has 146 valence electrons. The summed E-state index contributed by atoms with van der Waals surface area (Å²) in [5.41, 5.74) is 2.56. The number of methoxy groups -OCH3 is 1. The van der Waals surface area contributed by atoms with E-state index in [0.29, 0.717) is 15.0 Å². The molecular formula is C20H14Cl2N4O2S. The molecule has 1 amide bonds. The summed E-state index contributed by atoms with van der Waals surface area (Å²) < 4.78 is 6.97. The maximum Gasteiger partial charge on any atom is 0.250 e. The highest BCUT2D eigenvalue weighted by atomic mass is 35.5. The number of anilines is 1. The number of halogens is 2. The number of fused-ring (bicyclic) bond motifs is 1. The van der Waals surface area contributed by atoms with Crippen molar-refractivity contribution in [1.82, 2.24) is 14.6 Å². The maximum absolute atomic E-state index is 12.2. The molecule has 2 aromatic carbocycles. The van der Waals surface area contributed by atoms with Crippen LogP contribution in [-0.2, 0) is 4.79 Å². The van der Waals surface area contributed by atoms with Crippen molar-refractivity contribution in [1.29, 1.82) is 0 Å². The molecule has 4 rings (SSSR count). The van der Waals surface area contributed by atoms with Crippen LogP contribution in [0.2, 0.25) is 10.0 Å². The van der Waals surface area contributed by atoms with E-state index >= 15 is 0 Å². The first-order valence-electron chi connectivity index (χ1n) is 8.46. The number of hydrogen-bond acceptors (Lipinski definition) is 5. The lowest BCUT2D eigenvalue weighted by Crippen LogP contribution is -2.09. The molecule has 0 saturated heterocycles. The highest BCUT2D eigenvalue weighted by molar-refractivity contribution is 7.15. The molecule has 1 N–H and O–H groups in total. The third-order valence-corrected chi connectivity index (χ3v) is 5.61. The van der Waals surface area contributed by atoms with Gasteiger partial charge in [-0.15, -0.1) is 16.4 Å². The Bertz CT molecular complexity index is 1230. The summed E-state index contributed by atoms with van der Waals surface area (Å²) in [7, 11) is 1.62. The van der Waals surface area contributed by atoms with Crippen LogP contribution >= 0.6 is 34.5 Å². The second kappa shape index (κ2) is 8.24. The molecule has 29 heavy (non-hydrogen) atoms. The number of carbonyl (C=O) groups is 1. The molecule has 0 bridgehead atoms. The van der Waals surface area contributed by atoms with Crippen LogP contribution in [0.1, 0.15) is 5.56 Å². The van der Waals surface area contributed by atoms with Crippen LogP contribution in [-0.4, -0.2) is 27.6 Å². The van der Waals surface area contributed by atoms with Crippen molar-refractivity contribution < 1.29 is 9.53 Å². The quantitative estimate of drug-likeness (QED) is 0.417. The molecule has 0 aliphatic rings. The van der Waals surface area contributed by atoms with E-state index in [0.717, 1.165) is 22.6 Å². The number of benzene rings is 2. The van der Waals surface area contributed by atoms with E-state index in [1.807, 2.05) is 29.6 Å². The second-order valence-electron chi connectivity index (χ2n) is 5.98. The zero-order chi connectivity index (χ0) is 20.4. The first-order chi connectivity index (χ1) is 14.0. The number of aromatic nitrogens is 3. The molecular weight excluding hydrogens is 431 g/mol. The first-order valence-corrected chi connectivity index (χ1v) is 10.1. The number of thiazole rings is 1. The van der Waals surface area contributed by atoms with Crippen LogP contribution in [0, 0.1) is 0 Å². The smallest absolute Gasteiger partial charge is 0.250 e. The minimum atomic E-state index is -0.350. The highest BCUT2D eigenvalue weighted by Gasteiger charge is 2.13. The Morgan fingerprint density at radius 3 is 2.86 bits per heavy atom. The summed E-state index contributed by atoms with van der Waals surface area (Å²) in [6.07, 6.45) is 3.02. The lowest BCUT2D eigenvalue weighted by Gasteiger charge is -2.02. The lowest BCUT2D eigenvalue weighted by atomic mass is 10.2. The van der Waals surface area contributed by atoms with Crippen molar-refractivity contribution in [3.05, 3.63) is 69.5 Å². The van der Waals surface area contributed by atoms with Crippen LogP contribution in [0.15, 0.2) is 53.9 Å². The van der Waals surface area contributed by atoms with Gasteiger partial charge in [0.25, 0.3) is 11.9 Å². The fourth-order valence-corrected chi connectivity index (χ4v) is 3.79. The van der Waals surface area contributed by atoms with Crippen molar-refractivity contribution in [2.45, 2.75) is 0 Å². The second-order valence-corrected chi connectivity index (χ2v) is 7.63. The van der Waals surface area contributed by atoms with Crippen LogP contribution in [0.4, 0.5) is 5.95 Å². The fourth-order valence-electron chi connectivity index (χ4n) is 2.65. The molecule has 0 unspecified atom stereocenters. The summed E-state index contributed by atoms with van der Waals surface area (Å²) >= 11 is 13.3. The van der Waals surface area contributed by atoms with E-state index < -0.39 is 0 Å². The molecule has 4 aromatic rings. The number of nitrogens with zero attached hydrogens (tertiary/aromatic N) is 3. The third kappa shape index (κ3) is 4.27. The molecule has 0 aliphatic heterocycles. The molecule has 0 radical (unpaired) electrons. The van der Waals surface area contributed by atoms with E-state index in [1.54, 1.807) is 35.9 Å².